The average Bonchev–Trinajstić information content (AvgIpc) is 3.10. The molecule has 0 aliphatic rings. The maximum atomic E-state index is 13.5. The SMILES string of the molecule is CCOc1ccc(NC(=NC)NCCc2c[nH]c3ccc(F)cc23)cc1OC. The maximum Gasteiger partial charge on any atom is 0.195 e. The van der Waals surface area contributed by atoms with E-state index in [1.54, 1.807) is 26.3 Å². The number of benzene rings is 2. The lowest BCUT2D eigenvalue weighted by molar-refractivity contribution is 0.311. The Balaban J connectivity index is 1.61. The molecule has 148 valence electrons. The van der Waals surface area contributed by atoms with Crippen LogP contribution >= 0.6 is 0 Å². The van der Waals surface area contributed by atoms with Crippen molar-refractivity contribution in [3.8, 4) is 11.5 Å². The minimum Gasteiger partial charge on any atom is -0.493 e. The maximum absolute atomic E-state index is 13.5. The molecule has 0 aliphatic carbocycles. The van der Waals surface area contributed by atoms with Crippen molar-refractivity contribution in [2.75, 3.05) is 32.6 Å². The predicted octanol–water partition coefficient (Wildman–Crippen LogP) is 3.94. The van der Waals surface area contributed by atoms with E-state index in [1.807, 2.05) is 31.3 Å². The number of rotatable bonds is 7. The van der Waals surface area contributed by atoms with Gasteiger partial charge in [-0.2, -0.15) is 0 Å². The topological polar surface area (TPSA) is 70.7 Å². The molecule has 6 nitrogen and oxygen atoms in total. The van der Waals surface area contributed by atoms with Crippen LogP contribution in [0.5, 0.6) is 11.5 Å². The first-order valence-electron chi connectivity index (χ1n) is 9.18. The number of nitrogens with zero attached hydrogens (tertiary/aromatic N) is 1. The van der Waals surface area contributed by atoms with Crippen molar-refractivity contribution in [1.82, 2.24) is 10.3 Å². The van der Waals surface area contributed by atoms with Gasteiger partial charge in [-0.15, -0.1) is 0 Å². The molecule has 2 aromatic carbocycles. The highest BCUT2D eigenvalue weighted by Gasteiger charge is 2.08. The summed E-state index contributed by atoms with van der Waals surface area (Å²) in [6, 6.07) is 10.4. The third-order valence-electron chi connectivity index (χ3n) is 4.37. The molecule has 0 spiro atoms. The summed E-state index contributed by atoms with van der Waals surface area (Å²) < 4.78 is 24.4. The van der Waals surface area contributed by atoms with Crippen molar-refractivity contribution in [2.45, 2.75) is 13.3 Å². The number of halogens is 1. The summed E-state index contributed by atoms with van der Waals surface area (Å²) in [4.78, 5) is 7.42. The molecule has 3 aromatic rings. The molecule has 3 N–H and O–H groups in total. The third kappa shape index (κ3) is 4.54. The van der Waals surface area contributed by atoms with Crippen LogP contribution in [0, 0.1) is 5.82 Å². The Bertz CT molecular complexity index is 968. The van der Waals surface area contributed by atoms with E-state index in [-0.39, 0.29) is 5.82 Å². The number of aromatic amines is 1. The number of anilines is 1. The van der Waals surface area contributed by atoms with Crippen LogP contribution in [-0.2, 0) is 6.42 Å². The molecule has 1 aromatic heterocycles. The molecular formula is C21H25FN4O2. The number of nitrogens with one attached hydrogen (secondary N) is 3. The predicted molar refractivity (Wildman–Crippen MR) is 111 cm³/mol. The third-order valence-corrected chi connectivity index (χ3v) is 4.37. The first-order valence-corrected chi connectivity index (χ1v) is 9.18. The molecule has 3 rings (SSSR count). The Morgan fingerprint density at radius 2 is 2.04 bits per heavy atom. The fraction of sp³-hybridized carbons (Fsp3) is 0.286. The van der Waals surface area contributed by atoms with E-state index in [9.17, 15) is 4.39 Å². The molecule has 28 heavy (non-hydrogen) atoms. The zero-order chi connectivity index (χ0) is 19.9. The van der Waals surface area contributed by atoms with E-state index in [4.69, 9.17) is 9.47 Å². The summed E-state index contributed by atoms with van der Waals surface area (Å²) in [7, 11) is 3.32. The molecule has 0 amide bonds. The molecule has 0 atom stereocenters. The second kappa shape index (κ2) is 9.12. The zero-order valence-electron chi connectivity index (χ0n) is 16.3. The highest BCUT2D eigenvalue weighted by molar-refractivity contribution is 5.94. The molecule has 0 saturated carbocycles. The first-order chi connectivity index (χ1) is 13.6. The van der Waals surface area contributed by atoms with Crippen LogP contribution in [0.15, 0.2) is 47.6 Å². The van der Waals surface area contributed by atoms with Crippen LogP contribution in [0.25, 0.3) is 10.9 Å². The van der Waals surface area contributed by atoms with Crippen molar-refractivity contribution in [3.05, 3.63) is 54.0 Å². The number of hydrogen-bond acceptors (Lipinski definition) is 3. The molecule has 7 heteroatoms. The lowest BCUT2D eigenvalue weighted by Gasteiger charge is -2.14. The van der Waals surface area contributed by atoms with Gasteiger partial charge in [0, 0.05) is 42.4 Å². The minimum absolute atomic E-state index is 0.233. The highest BCUT2D eigenvalue weighted by atomic mass is 19.1. The fourth-order valence-electron chi connectivity index (χ4n) is 3.01. The van der Waals surface area contributed by atoms with Gasteiger partial charge in [-0.1, -0.05) is 0 Å². The van der Waals surface area contributed by atoms with Gasteiger partial charge in [0.2, 0.25) is 0 Å². The smallest absolute Gasteiger partial charge is 0.195 e. The molecule has 1 heterocycles. The summed E-state index contributed by atoms with van der Waals surface area (Å²) >= 11 is 0. The van der Waals surface area contributed by atoms with E-state index in [0.717, 1.165) is 28.6 Å². The highest BCUT2D eigenvalue weighted by Crippen LogP contribution is 2.30. The number of aliphatic imine (C=N–C) groups is 1. The Morgan fingerprint density at radius 1 is 1.18 bits per heavy atom. The lowest BCUT2D eigenvalue weighted by Crippen LogP contribution is -2.32. The van der Waals surface area contributed by atoms with Crippen LogP contribution in [0.4, 0.5) is 10.1 Å². The second-order valence-electron chi connectivity index (χ2n) is 6.18. The summed E-state index contributed by atoms with van der Waals surface area (Å²) in [5.41, 5.74) is 2.82. The van der Waals surface area contributed by atoms with Gasteiger partial charge < -0.3 is 25.1 Å². The summed E-state index contributed by atoms with van der Waals surface area (Å²) in [5.74, 6) is 1.76. The van der Waals surface area contributed by atoms with E-state index in [2.05, 4.69) is 20.6 Å². The first kappa shape index (κ1) is 19.5. The Labute approximate surface area is 163 Å². The summed E-state index contributed by atoms with van der Waals surface area (Å²) in [5, 5.41) is 7.41. The van der Waals surface area contributed by atoms with Crippen LogP contribution in [-0.4, -0.2) is 38.3 Å². The fourth-order valence-corrected chi connectivity index (χ4v) is 3.01. The molecule has 0 aliphatic heterocycles. The molecule has 0 radical (unpaired) electrons. The second-order valence-corrected chi connectivity index (χ2v) is 6.18. The summed E-state index contributed by atoms with van der Waals surface area (Å²) in [6.07, 6.45) is 2.65. The normalized spacial score (nSPS) is 11.5. The number of hydrogen-bond donors (Lipinski definition) is 3. The number of fused-ring (bicyclic) bond motifs is 1. The number of aromatic nitrogens is 1. The van der Waals surface area contributed by atoms with Gasteiger partial charge in [0.15, 0.2) is 17.5 Å². The molecule has 0 fully saturated rings. The van der Waals surface area contributed by atoms with Crippen LogP contribution in [0.2, 0.25) is 0 Å². The van der Waals surface area contributed by atoms with Gasteiger partial charge in [0.05, 0.1) is 13.7 Å². The molecule has 0 saturated heterocycles. The van der Waals surface area contributed by atoms with Crippen molar-refractivity contribution in [1.29, 1.82) is 0 Å². The lowest BCUT2D eigenvalue weighted by atomic mass is 10.1. The van der Waals surface area contributed by atoms with Gasteiger partial charge in [-0.3, -0.25) is 4.99 Å². The van der Waals surface area contributed by atoms with Gasteiger partial charge >= 0.3 is 0 Å². The number of methoxy groups -OCH3 is 1. The van der Waals surface area contributed by atoms with Crippen molar-refractivity contribution in [2.24, 2.45) is 4.99 Å². The number of ether oxygens (including phenoxy) is 2. The largest absolute Gasteiger partial charge is 0.493 e. The summed E-state index contributed by atoms with van der Waals surface area (Å²) in [6.45, 7) is 3.15. The number of H-pyrrole nitrogens is 1. The quantitative estimate of drug-likeness (QED) is 0.426. The van der Waals surface area contributed by atoms with E-state index in [1.165, 1.54) is 6.07 Å². The van der Waals surface area contributed by atoms with Crippen LogP contribution in [0.1, 0.15) is 12.5 Å². The average molecular weight is 384 g/mol. The van der Waals surface area contributed by atoms with Crippen molar-refractivity contribution in [3.63, 3.8) is 0 Å². The molecule has 0 bridgehead atoms. The monoisotopic (exact) mass is 384 g/mol. The minimum atomic E-state index is -0.233. The van der Waals surface area contributed by atoms with Gasteiger partial charge in [-0.05, 0) is 49.2 Å². The Hall–Kier alpha value is -3.22. The van der Waals surface area contributed by atoms with Gasteiger partial charge in [0.25, 0.3) is 0 Å². The van der Waals surface area contributed by atoms with Crippen molar-refractivity contribution >= 4 is 22.5 Å². The van der Waals surface area contributed by atoms with E-state index >= 15 is 0 Å². The van der Waals surface area contributed by atoms with Crippen molar-refractivity contribution < 1.29 is 13.9 Å². The standard InChI is InChI=1S/C21H25FN4O2/c1-4-28-19-8-6-16(12-20(19)27-3)26-21(23-2)24-10-9-14-13-25-18-7-5-15(22)11-17(14)18/h5-8,11-13,25H,4,9-10H2,1-3H3,(H2,23,24,26). The van der Waals surface area contributed by atoms with E-state index < -0.39 is 0 Å². The zero-order valence-corrected chi connectivity index (χ0v) is 16.3. The van der Waals surface area contributed by atoms with Crippen LogP contribution < -0.4 is 20.1 Å². The van der Waals surface area contributed by atoms with Gasteiger partial charge in [-0.25, -0.2) is 4.39 Å². The molecular weight excluding hydrogens is 359 g/mol. The Morgan fingerprint density at radius 3 is 2.79 bits per heavy atom. The number of guanidine groups is 1. The Kier molecular flexibility index (Phi) is 6.37. The van der Waals surface area contributed by atoms with Gasteiger partial charge in [0.1, 0.15) is 5.82 Å². The van der Waals surface area contributed by atoms with Crippen LogP contribution in [0.3, 0.4) is 0 Å². The molecule has 0 unspecified atom stereocenters. The van der Waals surface area contributed by atoms with E-state index in [0.29, 0.717) is 30.6 Å².